The topological polar surface area (TPSA) is 19.4 Å². The lowest BCUT2D eigenvalue weighted by molar-refractivity contribution is 0.568. The van der Waals surface area contributed by atoms with E-state index in [2.05, 4.69) is 368 Å². The predicted octanol–water partition coefficient (Wildman–Crippen LogP) is 25.9. The molecule has 12 aromatic rings. The zero-order valence-electron chi connectivity index (χ0n) is 69.7. The van der Waals surface area contributed by atoms with Crippen molar-refractivity contribution in [1.29, 1.82) is 0 Å². The van der Waals surface area contributed by atoms with Crippen LogP contribution in [0.2, 0.25) is 0 Å². The molecule has 0 amide bonds. The Morgan fingerprint density at radius 3 is 0.981 bits per heavy atom. The fraction of sp³-hybridized carbons (Fsp3) is 0.283. The summed E-state index contributed by atoms with van der Waals surface area (Å²) < 4.78 is 46.7. The summed E-state index contributed by atoms with van der Waals surface area (Å²) >= 11 is 0. The van der Waals surface area contributed by atoms with Gasteiger partial charge in [-0.1, -0.05) is 333 Å². The maximum absolute atomic E-state index is 9.72. The molecule has 0 aliphatic carbocycles. The van der Waals surface area contributed by atoms with Gasteiger partial charge in [-0.25, -0.2) is 0 Å². The summed E-state index contributed by atoms with van der Waals surface area (Å²) in [5.74, 6) is 0. The van der Waals surface area contributed by atoms with Gasteiger partial charge >= 0.3 is 0 Å². The zero-order valence-corrected chi connectivity index (χ0v) is 64.7. The van der Waals surface area contributed by atoms with Gasteiger partial charge in [0, 0.05) is 56.1 Å². The van der Waals surface area contributed by atoms with E-state index in [4.69, 9.17) is 6.35 Å². The van der Waals surface area contributed by atoms with Crippen LogP contribution in [0.15, 0.2) is 249 Å². The van der Waals surface area contributed by atoms with E-state index in [-0.39, 0.29) is 67.6 Å². The van der Waals surface area contributed by atoms with Crippen molar-refractivity contribution in [3.05, 3.63) is 288 Å². The van der Waals surface area contributed by atoms with Gasteiger partial charge in [0.1, 0.15) is 0 Å². The summed E-state index contributed by atoms with van der Waals surface area (Å²) in [5, 5.41) is 0. The molecule has 11 aromatic carbocycles. The molecule has 0 unspecified atom stereocenters. The Kier molecular flexibility index (Phi) is 15.9. The first-order valence-corrected chi connectivity index (χ1v) is 37.0. The minimum absolute atomic E-state index is 0.142. The monoisotopic (exact) mass is 1350 g/mol. The van der Waals surface area contributed by atoms with Crippen molar-refractivity contribution in [3.63, 3.8) is 0 Å². The van der Waals surface area contributed by atoms with E-state index in [0.29, 0.717) is 5.56 Å². The number of hydrogen-bond donors (Lipinski definition) is 0. The van der Waals surface area contributed by atoms with Crippen LogP contribution in [0, 0.1) is 0 Å². The van der Waals surface area contributed by atoms with Crippen LogP contribution < -0.4 is 26.2 Å². The smallest absolute Gasteiger partial charge is 0.252 e. The molecule has 3 nitrogen and oxygen atoms in total. The molecule has 103 heavy (non-hydrogen) atoms. The van der Waals surface area contributed by atoms with Crippen molar-refractivity contribution in [2.45, 2.75) is 183 Å². The van der Waals surface area contributed by atoms with Crippen LogP contribution in [0.1, 0.15) is 191 Å². The molecule has 14 rings (SSSR count). The molecule has 2 aliphatic rings. The molecule has 0 spiro atoms. The number of rotatable bonds is 9. The van der Waals surface area contributed by atoms with Crippen LogP contribution in [0.25, 0.3) is 78.0 Å². The highest BCUT2D eigenvalue weighted by molar-refractivity contribution is 7.00. The van der Waals surface area contributed by atoms with Gasteiger partial charge in [-0.05, 0) is 193 Å². The molecule has 0 saturated carbocycles. The van der Waals surface area contributed by atoms with Gasteiger partial charge in [-0.2, -0.15) is 0 Å². The summed E-state index contributed by atoms with van der Waals surface area (Å²) in [5.41, 5.74) is 28.6. The summed E-state index contributed by atoms with van der Waals surface area (Å²) in [6.45, 7) is 47.9. The summed E-state index contributed by atoms with van der Waals surface area (Å²) in [6.07, 6.45) is 0. The number of hydrogen-bond acceptors (Lipinski definition) is 3. The van der Waals surface area contributed by atoms with E-state index in [1.54, 1.807) is 0 Å². The maximum Gasteiger partial charge on any atom is 0.252 e. The lowest BCUT2D eigenvalue weighted by atomic mass is 9.33. The van der Waals surface area contributed by atoms with Crippen LogP contribution in [0.5, 0.6) is 0 Å². The minimum Gasteiger partial charge on any atom is -0.310 e. The highest BCUT2D eigenvalue weighted by Crippen LogP contribution is 2.56. The summed E-state index contributed by atoms with van der Waals surface area (Å²) in [6, 6.07) is 80.2. The second-order valence-corrected chi connectivity index (χ2v) is 36.3. The van der Waals surface area contributed by atoms with E-state index >= 15 is 0 Å². The van der Waals surface area contributed by atoms with Gasteiger partial charge in [-0.15, -0.1) is 0 Å². The highest BCUT2D eigenvalue weighted by Gasteiger charge is 2.46. The van der Waals surface area contributed by atoms with Crippen molar-refractivity contribution in [3.8, 4) is 78.0 Å². The second-order valence-electron chi connectivity index (χ2n) is 36.3. The minimum atomic E-state index is -0.448. The average Bonchev–Trinajstić information content (AvgIpc) is 0.685. The van der Waals surface area contributed by atoms with Crippen molar-refractivity contribution in [2.75, 3.05) is 9.80 Å². The largest absolute Gasteiger partial charge is 0.310 e. The third-order valence-electron chi connectivity index (χ3n) is 21.3. The SMILES string of the molecule is [2H]c1c([2H])c([2H])c(-c2ccc3c(c2)N(c2c(-c4ccccc4)cc(C(C)(C)C)cc2-c2ccccc2)c2cc(-c4cc(C(C)(C)C)cc(C(C)(C)C)c4)cc4c2B3c2ccc(-c3cc(C(C)(C)C)cc(C(C)(C)C)c3)cc2N4c2c(-c3ccccc3)cc(C(C)(C)C)cc2-c2cccc(C(C)(C)C)n2)c([2H])c1[2H]. The fourth-order valence-electron chi connectivity index (χ4n) is 15.0. The number of fused-ring (bicyclic) bond motifs is 4. The average molecular weight is 1350 g/mol. The molecule has 1 aromatic heterocycles. The van der Waals surface area contributed by atoms with Crippen LogP contribution in [-0.2, 0) is 37.9 Å². The van der Waals surface area contributed by atoms with Gasteiger partial charge in [0.05, 0.1) is 23.9 Å². The van der Waals surface area contributed by atoms with Gasteiger partial charge in [-0.3, -0.25) is 4.98 Å². The number of benzene rings is 11. The Bertz CT molecular complexity index is 5400. The molecular formula is C99H104BN3. The Hall–Kier alpha value is -9.77. The standard InChI is InChI=1S/C99H104BN3/c1-93(2,3)72-49-69(50-73(57-72)94(4,5)6)68-46-48-83-86(54-68)103(92-80(66-41-32-25-33-42-66)61-77(98(16,17)18)62-81(92)84-43-34-44-89(101-84)99(19,20)21)88-56-71(70-51-74(95(7,8)9)58-75(52-70)96(10,11)12)55-87-90(88)100(83)82-47-45-67(63-35-26-22-27-36-63)53-85(82)102(87)91-78(64-37-28-23-29-38-64)59-76(97(13,14)15)60-79(91)65-39-30-24-31-40-65/h22-62H,1-21H3/i22D,26D,27D,35D,36D. The molecule has 0 bridgehead atoms. The lowest BCUT2D eigenvalue weighted by Gasteiger charge is -2.46. The Morgan fingerprint density at radius 1 is 0.272 bits per heavy atom. The summed E-state index contributed by atoms with van der Waals surface area (Å²) in [4.78, 5) is 11.0. The molecule has 3 heterocycles. The molecule has 518 valence electrons. The molecule has 0 N–H and O–H groups in total. The van der Waals surface area contributed by atoms with E-state index in [1.807, 2.05) is 6.07 Å². The van der Waals surface area contributed by atoms with E-state index in [1.165, 1.54) is 33.4 Å². The van der Waals surface area contributed by atoms with Crippen molar-refractivity contribution in [2.24, 2.45) is 0 Å². The number of aromatic nitrogens is 1. The molecule has 0 fully saturated rings. The third kappa shape index (κ3) is 13.5. The highest BCUT2D eigenvalue weighted by atomic mass is 15.2. The van der Waals surface area contributed by atoms with Gasteiger partial charge < -0.3 is 9.80 Å². The van der Waals surface area contributed by atoms with E-state index in [0.717, 1.165) is 123 Å². The number of nitrogens with zero attached hydrogens (tertiary/aromatic N) is 3. The predicted molar refractivity (Wildman–Crippen MR) is 447 cm³/mol. The van der Waals surface area contributed by atoms with Crippen LogP contribution >= 0.6 is 0 Å². The van der Waals surface area contributed by atoms with Crippen LogP contribution in [0.4, 0.5) is 34.1 Å². The van der Waals surface area contributed by atoms with Crippen molar-refractivity contribution in [1.82, 2.24) is 4.98 Å². The molecule has 4 heteroatoms. The molecule has 0 radical (unpaired) electrons. The maximum atomic E-state index is 9.72. The van der Waals surface area contributed by atoms with Crippen LogP contribution in [0.3, 0.4) is 0 Å². The number of pyridine rings is 1. The molecule has 0 atom stereocenters. The second kappa shape index (κ2) is 25.6. The quantitative estimate of drug-likeness (QED) is 0.134. The summed E-state index contributed by atoms with van der Waals surface area (Å²) in [7, 11) is 0. The van der Waals surface area contributed by atoms with Crippen LogP contribution in [-0.4, -0.2) is 11.7 Å². The van der Waals surface area contributed by atoms with Gasteiger partial charge in [0.15, 0.2) is 0 Å². The first kappa shape index (κ1) is 64.1. The third-order valence-corrected chi connectivity index (χ3v) is 21.3. The zero-order chi connectivity index (χ0) is 77.6. The molecule has 0 saturated heterocycles. The molecular weight excluding hydrogens is 1240 g/mol. The Labute approximate surface area is 624 Å². The first-order valence-electron chi connectivity index (χ1n) is 39.5. The Morgan fingerprint density at radius 2 is 0.602 bits per heavy atom. The number of anilines is 6. The lowest BCUT2D eigenvalue weighted by Crippen LogP contribution is -2.61. The van der Waals surface area contributed by atoms with Crippen molar-refractivity contribution < 1.29 is 6.85 Å². The Balaban J connectivity index is 1.26. The van der Waals surface area contributed by atoms with E-state index < -0.39 is 12.8 Å². The van der Waals surface area contributed by atoms with Gasteiger partial charge in [0.2, 0.25) is 0 Å². The first-order chi connectivity index (χ1) is 50.6. The van der Waals surface area contributed by atoms with Gasteiger partial charge in [0.25, 0.3) is 6.71 Å². The van der Waals surface area contributed by atoms with Crippen molar-refractivity contribution >= 4 is 57.2 Å². The molecule has 2 aliphatic heterocycles. The van der Waals surface area contributed by atoms with E-state index in [9.17, 15) is 5.48 Å². The normalized spacial score (nSPS) is 14.1. The fourth-order valence-corrected chi connectivity index (χ4v) is 15.0.